The minimum Gasteiger partial charge on any atom is -0.355 e. The third-order valence-corrected chi connectivity index (χ3v) is 2.92. The molecule has 0 aliphatic heterocycles. The molecule has 3 rings (SSSR count). The summed E-state index contributed by atoms with van der Waals surface area (Å²) in [6.07, 6.45) is 0.806. The number of aromatic nitrogens is 1. The molecule has 0 unspecified atom stereocenters. The van der Waals surface area contributed by atoms with Gasteiger partial charge in [-0.05, 0) is 25.1 Å². The molecule has 0 saturated carbocycles. The highest BCUT2D eigenvalue weighted by Crippen LogP contribution is 2.29. The van der Waals surface area contributed by atoms with Gasteiger partial charge in [-0.15, -0.1) is 0 Å². The topological polar surface area (TPSA) is 43.1 Å². The molecule has 18 heavy (non-hydrogen) atoms. The van der Waals surface area contributed by atoms with Crippen LogP contribution in [0.1, 0.15) is 15.9 Å². The Labute approximate surface area is 104 Å². The molecule has 0 N–H and O–H groups in total. The number of hydrogen-bond donors (Lipinski definition) is 0. The molecule has 0 radical (unpaired) electrons. The maximum Gasteiger partial charge on any atom is 0.174 e. The molecule has 3 heteroatoms. The fourth-order valence-corrected chi connectivity index (χ4v) is 2.03. The normalized spacial score (nSPS) is 10.7. The summed E-state index contributed by atoms with van der Waals surface area (Å²) in [7, 11) is 0. The van der Waals surface area contributed by atoms with Crippen LogP contribution in [0.3, 0.4) is 0 Å². The van der Waals surface area contributed by atoms with E-state index in [2.05, 4.69) is 5.16 Å². The molecule has 0 atom stereocenters. The van der Waals surface area contributed by atoms with Crippen LogP contribution < -0.4 is 0 Å². The summed E-state index contributed by atoms with van der Waals surface area (Å²) in [5.74, 6) is 0.742. The standard InChI is InChI=1S/C15H11NO2/c1-10-3-2-4-12(7-10)15-13-6-5-11(9-17)8-14(13)16-18-15/h2-9H,1H3. The van der Waals surface area contributed by atoms with Crippen molar-refractivity contribution in [2.24, 2.45) is 0 Å². The highest BCUT2D eigenvalue weighted by Gasteiger charge is 2.10. The lowest BCUT2D eigenvalue weighted by molar-refractivity contribution is 0.112. The first kappa shape index (κ1) is 10.7. The number of rotatable bonds is 2. The van der Waals surface area contributed by atoms with Gasteiger partial charge >= 0.3 is 0 Å². The number of carbonyl (C=O) groups is 1. The Balaban J connectivity index is 2.21. The predicted molar refractivity (Wildman–Crippen MR) is 69.6 cm³/mol. The third kappa shape index (κ3) is 1.70. The van der Waals surface area contributed by atoms with E-state index < -0.39 is 0 Å². The van der Waals surface area contributed by atoms with Crippen LogP contribution in [0, 0.1) is 6.92 Å². The van der Waals surface area contributed by atoms with Crippen molar-refractivity contribution in [1.29, 1.82) is 0 Å². The van der Waals surface area contributed by atoms with Crippen LogP contribution in [0.4, 0.5) is 0 Å². The first-order chi connectivity index (χ1) is 8.78. The Morgan fingerprint density at radius 1 is 1.17 bits per heavy atom. The summed E-state index contributed by atoms with van der Waals surface area (Å²) in [6, 6.07) is 13.4. The zero-order chi connectivity index (χ0) is 12.5. The van der Waals surface area contributed by atoms with Gasteiger partial charge in [0.25, 0.3) is 0 Å². The van der Waals surface area contributed by atoms with E-state index in [9.17, 15) is 4.79 Å². The van der Waals surface area contributed by atoms with Crippen LogP contribution in [0.25, 0.3) is 22.2 Å². The summed E-state index contributed by atoms with van der Waals surface area (Å²) < 4.78 is 5.39. The van der Waals surface area contributed by atoms with Crippen LogP contribution in [-0.4, -0.2) is 11.4 Å². The number of aldehydes is 1. The van der Waals surface area contributed by atoms with Crippen molar-refractivity contribution in [1.82, 2.24) is 5.16 Å². The Bertz CT molecular complexity index is 728. The fraction of sp³-hybridized carbons (Fsp3) is 0.0667. The SMILES string of the molecule is Cc1cccc(-c2onc3cc(C=O)ccc23)c1. The minimum absolute atomic E-state index is 0.603. The maximum absolute atomic E-state index is 10.7. The summed E-state index contributed by atoms with van der Waals surface area (Å²) >= 11 is 0. The molecule has 0 aliphatic rings. The largest absolute Gasteiger partial charge is 0.355 e. The van der Waals surface area contributed by atoms with Gasteiger partial charge in [-0.2, -0.15) is 0 Å². The Hall–Kier alpha value is -2.42. The van der Waals surface area contributed by atoms with Crippen LogP contribution in [0.15, 0.2) is 47.0 Å². The van der Waals surface area contributed by atoms with E-state index in [0.717, 1.165) is 23.0 Å². The van der Waals surface area contributed by atoms with Crippen molar-refractivity contribution >= 4 is 17.2 Å². The summed E-state index contributed by atoms with van der Waals surface area (Å²) in [6.45, 7) is 2.03. The van der Waals surface area contributed by atoms with Crippen LogP contribution in [-0.2, 0) is 0 Å². The number of nitrogens with zero attached hydrogens (tertiary/aromatic N) is 1. The van der Waals surface area contributed by atoms with Gasteiger partial charge in [0.2, 0.25) is 0 Å². The van der Waals surface area contributed by atoms with E-state index in [1.807, 2.05) is 37.3 Å². The Morgan fingerprint density at radius 2 is 2.06 bits per heavy atom. The third-order valence-electron chi connectivity index (χ3n) is 2.92. The molecule has 3 nitrogen and oxygen atoms in total. The lowest BCUT2D eigenvalue weighted by Gasteiger charge is -1.98. The first-order valence-electron chi connectivity index (χ1n) is 5.69. The van der Waals surface area contributed by atoms with E-state index in [4.69, 9.17) is 4.52 Å². The zero-order valence-corrected chi connectivity index (χ0v) is 9.88. The van der Waals surface area contributed by atoms with Crippen molar-refractivity contribution < 1.29 is 9.32 Å². The number of carbonyl (C=O) groups excluding carboxylic acids is 1. The molecule has 0 fully saturated rings. The van der Waals surface area contributed by atoms with Crippen molar-refractivity contribution in [2.75, 3.05) is 0 Å². The van der Waals surface area contributed by atoms with E-state index in [-0.39, 0.29) is 0 Å². The highest BCUT2D eigenvalue weighted by atomic mass is 16.5. The van der Waals surface area contributed by atoms with Crippen LogP contribution >= 0.6 is 0 Å². The van der Waals surface area contributed by atoms with Gasteiger partial charge in [-0.25, -0.2) is 0 Å². The fourth-order valence-electron chi connectivity index (χ4n) is 2.03. The molecule has 1 heterocycles. The molecular formula is C15H11NO2. The number of benzene rings is 2. The molecule has 2 aromatic carbocycles. The van der Waals surface area contributed by atoms with E-state index >= 15 is 0 Å². The highest BCUT2D eigenvalue weighted by molar-refractivity contribution is 5.94. The summed E-state index contributed by atoms with van der Waals surface area (Å²) in [4.78, 5) is 10.7. The monoisotopic (exact) mass is 237 g/mol. The van der Waals surface area contributed by atoms with Gasteiger partial charge in [0, 0.05) is 16.5 Å². The lowest BCUT2D eigenvalue weighted by atomic mass is 10.1. The van der Waals surface area contributed by atoms with E-state index in [1.54, 1.807) is 12.1 Å². The average Bonchev–Trinajstić information content (AvgIpc) is 2.81. The van der Waals surface area contributed by atoms with Gasteiger partial charge in [0.1, 0.15) is 11.8 Å². The molecule has 0 bridgehead atoms. The molecule has 0 amide bonds. The van der Waals surface area contributed by atoms with Gasteiger partial charge in [0.05, 0.1) is 0 Å². The van der Waals surface area contributed by atoms with Crippen molar-refractivity contribution in [3.63, 3.8) is 0 Å². The number of hydrogen-bond acceptors (Lipinski definition) is 3. The lowest BCUT2D eigenvalue weighted by Crippen LogP contribution is -1.80. The maximum atomic E-state index is 10.7. The molecule has 0 saturated heterocycles. The average molecular weight is 237 g/mol. The molecule has 0 spiro atoms. The summed E-state index contributed by atoms with van der Waals surface area (Å²) in [5, 5.41) is 4.92. The van der Waals surface area contributed by atoms with Gasteiger partial charge in [-0.3, -0.25) is 4.79 Å². The smallest absolute Gasteiger partial charge is 0.174 e. The van der Waals surface area contributed by atoms with E-state index in [0.29, 0.717) is 11.1 Å². The van der Waals surface area contributed by atoms with Crippen molar-refractivity contribution in [3.8, 4) is 11.3 Å². The second-order valence-corrected chi connectivity index (χ2v) is 4.28. The van der Waals surface area contributed by atoms with Crippen LogP contribution in [0.2, 0.25) is 0 Å². The van der Waals surface area contributed by atoms with Crippen molar-refractivity contribution in [3.05, 3.63) is 53.6 Å². The zero-order valence-electron chi connectivity index (χ0n) is 9.88. The second-order valence-electron chi connectivity index (χ2n) is 4.28. The molecule has 88 valence electrons. The van der Waals surface area contributed by atoms with Crippen molar-refractivity contribution in [2.45, 2.75) is 6.92 Å². The quantitative estimate of drug-likeness (QED) is 0.639. The second kappa shape index (κ2) is 4.11. The molecule has 0 aliphatic carbocycles. The van der Waals surface area contributed by atoms with Gasteiger partial charge in [0.15, 0.2) is 5.76 Å². The minimum atomic E-state index is 0.603. The van der Waals surface area contributed by atoms with Gasteiger partial charge in [-0.1, -0.05) is 35.0 Å². The summed E-state index contributed by atoms with van der Waals surface area (Å²) in [5.41, 5.74) is 3.47. The molecule has 3 aromatic rings. The van der Waals surface area contributed by atoms with Crippen LogP contribution in [0.5, 0.6) is 0 Å². The Kier molecular flexibility index (Phi) is 2.45. The van der Waals surface area contributed by atoms with Gasteiger partial charge < -0.3 is 4.52 Å². The number of aryl methyl sites for hydroxylation is 1. The first-order valence-corrected chi connectivity index (χ1v) is 5.69. The molecule has 1 aromatic heterocycles. The number of fused-ring (bicyclic) bond motifs is 1. The predicted octanol–water partition coefficient (Wildman–Crippen LogP) is 3.62. The van der Waals surface area contributed by atoms with E-state index in [1.165, 1.54) is 5.56 Å². The molecular weight excluding hydrogens is 226 g/mol. The Morgan fingerprint density at radius 3 is 2.83 bits per heavy atom.